The first kappa shape index (κ1) is 18.0. The van der Waals surface area contributed by atoms with E-state index in [4.69, 9.17) is 11.6 Å². The van der Waals surface area contributed by atoms with Crippen molar-refractivity contribution in [2.24, 2.45) is 0 Å². The lowest BCUT2D eigenvalue weighted by Crippen LogP contribution is -2.48. The van der Waals surface area contributed by atoms with Gasteiger partial charge in [-0.15, -0.1) is 0 Å². The summed E-state index contributed by atoms with van der Waals surface area (Å²) in [6.45, 7) is 0. The number of hydrogen-bond acceptors (Lipinski definition) is 2. The molecule has 0 bridgehead atoms. The molecule has 0 unspecified atom stereocenters. The van der Waals surface area contributed by atoms with Gasteiger partial charge in [-0.05, 0) is 23.3 Å². The molecule has 5 heteroatoms. The number of benzene rings is 2. The Morgan fingerprint density at radius 3 is 2.21 bits per heavy atom. The van der Waals surface area contributed by atoms with Crippen LogP contribution in [0.5, 0.6) is 0 Å². The highest BCUT2D eigenvalue weighted by molar-refractivity contribution is 6.30. The van der Waals surface area contributed by atoms with Crippen molar-refractivity contribution in [2.45, 2.75) is 18.9 Å². The molecule has 1 N–H and O–H groups in total. The van der Waals surface area contributed by atoms with Gasteiger partial charge in [0.05, 0.1) is 6.42 Å². The molecule has 4 nitrogen and oxygen atoms in total. The molecule has 2 rings (SSSR count). The summed E-state index contributed by atoms with van der Waals surface area (Å²) in [5.74, 6) is -0.309. The molecular weight excluding hydrogens is 324 g/mol. The Balaban J connectivity index is 2.05. The molecule has 0 radical (unpaired) electrons. The summed E-state index contributed by atoms with van der Waals surface area (Å²) in [6, 6.07) is 16.2. The van der Waals surface area contributed by atoms with Gasteiger partial charge >= 0.3 is 0 Å². The van der Waals surface area contributed by atoms with Crippen molar-refractivity contribution in [3.63, 3.8) is 0 Å². The summed E-state index contributed by atoms with van der Waals surface area (Å²) in [5.41, 5.74) is 1.86. The zero-order chi connectivity index (χ0) is 17.5. The van der Waals surface area contributed by atoms with Crippen molar-refractivity contribution in [3.05, 3.63) is 70.7 Å². The zero-order valence-corrected chi connectivity index (χ0v) is 14.6. The van der Waals surface area contributed by atoms with Gasteiger partial charge in [0.1, 0.15) is 6.04 Å². The summed E-state index contributed by atoms with van der Waals surface area (Å²) < 4.78 is 0. The van der Waals surface area contributed by atoms with Gasteiger partial charge in [0, 0.05) is 25.5 Å². The zero-order valence-electron chi connectivity index (χ0n) is 13.8. The predicted octanol–water partition coefficient (Wildman–Crippen LogP) is 2.70. The number of rotatable bonds is 6. The fourth-order valence-corrected chi connectivity index (χ4v) is 2.52. The van der Waals surface area contributed by atoms with E-state index in [9.17, 15) is 9.59 Å². The lowest BCUT2D eigenvalue weighted by Gasteiger charge is -2.22. The number of carbonyl (C=O) groups excluding carboxylic acids is 2. The van der Waals surface area contributed by atoms with E-state index >= 15 is 0 Å². The maximum atomic E-state index is 12.4. The van der Waals surface area contributed by atoms with Gasteiger partial charge in [-0.25, -0.2) is 0 Å². The van der Waals surface area contributed by atoms with Crippen molar-refractivity contribution in [1.82, 2.24) is 10.2 Å². The number of halogens is 1. The molecule has 0 spiro atoms. The average molecular weight is 345 g/mol. The van der Waals surface area contributed by atoms with Crippen molar-refractivity contribution >= 4 is 23.4 Å². The van der Waals surface area contributed by atoms with Crippen LogP contribution in [0.15, 0.2) is 54.6 Å². The first-order valence-electron chi connectivity index (χ1n) is 7.74. The number of nitrogens with zero attached hydrogens (tertiary/aromatic N) is 1. The minimum absolute atomic E-state index is 0.122. The summed E-state index contributed by atoms with van der Waals surface area (Å²) in [5, 5.41) is 3.48. The van der Waals surface area contributed by atoms with E-state index < -0.39 is 6.04 Å². The summed E-state index contributed by atoms with van der Waals surface area (Å²) >= 11 is 5.85. The monoisotopic (exact) mass is 344 g/mol. The first-order chi connectivity index (χ1) is 11.5. The van der Waals surface area contributed by atoms with Gasteiger partial charge in [0.15, 0.2) is 0 Å². The number of hydrogen-bond donors (Lipinski definition) is 1. The van der Waals surface area contributed by atoms with Crippen molar-refractivity contribution in [1.29, 1.82) is 0 Å². The largest absolute Gasteiger partial charge is 0.347 e. The Hall–Kier alpha value is -2.33. The van der Waals surface area contributed by atoms with Gasteiger partial charge in [0.2, 0.25) is 11.8 Å². The van der Waals surface area contributed by atoms with Gasteiger partial charge < -0.3 is 10.2 Å². The standard InChI is InChI=1S/C19H21ClN2O2/c1-22(2)19(24)17(12-14-6-4-3-5-7-14)21-18(23)13-15-8-10-16(20)11-9-15/h3-11,17H,12-13H2,1-2H3,(H,21,23)/t17-/m1/s1. The molecule has 0 aliphatic rings. The van der Waals surface area contributed by atoms with Crippen LogP contribution in [0.3, 0.4) is 0 Å². The highest BCUT2D eigenvalue weighted by Crippen LogP contribution is 2.10. The van der Waals surface area contributed by atoms with Crippen LogP contribution < -0.4 is 5.32 Å². The maximum Gasteiger partial charge on any atom is 0.244 e. The van der Waals surface area contributed by atoms with E-state index in [0.717, 1.165) is 11.1 Å². The second-order valence-electron chi connectivity index (χ2n) is 5.85. The molecule has 0 saturated carbocycles. The van der Waals surface area contributed by atoms with Crippen LogP contribution in [0, 0.1) is 0 Å². The van der Waals surface area contributed by atoms with E-state index in [1.54, 1.807) is 26.2 Å². The molecule has 0 aromatic heterocycles. The smallest absolute Gasteiger partial charge is 0.244 e. The Kier molecular flexibility index (Phi) is 6.38. The molecule has 0 aliphatic carbocycles. The van der Waals surface area contributed by atoms with Gasteiger partial charge in [0.25, 0.3) is 0 Å². The Morgan fingerprint density at radius 2 is 1.62 bits per heavy atom. The van der Waals surface area contributed by atoms with Crippen LogP contribution in [0.25, 0.3) is 0 Å². The van der Waals surface area contributed by atoms with Crippen LogP contribution in [0.2, 0.25) is 5.02 Å². The normalized spacial score (nSPS) is 11.6. The molecule has 2 aromatic rings. The van der Waals surface area contributed by atoms with Crippen molar-refractivity contribution in [2.75, 3.05) is 14.1 Å². The number of amides is 2. The fraction of sp³-hybridized carbons (Fsp3) is 0.263. The topological polar surface area (TPSA) is 49.4 Å². The summed E-state index contributed by atoms with van der Waals surface area (Å²) in [7, 11) is 3.37. The van der Waals surface area contributed by atoms with Crippen LogP contribution in [0.1, 0.15) is 11.1 Å². The number of likely N-dealkylation sites (N-methyl/N-ethyl adjacent to an activating group) is 1. The quantitative estimate of drug-likeness (QED) is 0.876. The highest BCUT2D eigenvalue weighted by Gasteiger charge is 2.22. The average Bonchev–Trinajstić information content (AvgIpc) is 2.56. The summed E-state index contributed by atoms with van der Waals surface area (Å²) in [4.78, 5) is 26.2. The molecule has 2 aromatic carbocycles. The SMILES string of the molecule is CN(C)C(=O)[C@@H](Cc1ccccc1)NC(=O)Cc1ccc(Cl)cc1. The second kappa shape index (κ2) is 8.50. The van der Waals surface area contributed by atoms with Gasteiger partial charge in [-0.3, -0.25) is 9.59 Å². The molecule has 1 atom stereocenters. The van der Waals surface area contributed by atoms with E-state index in [1.165, 1.54) is 4.90 Å². The summed E-state index contributed by atoms with van der Waals surface area (Å²) in [6.07, 6.45) is 0.674. The van der Waals surface area contributed by atoms with Crippen LogP contribution in [-0.4, -0.2) is 36.9 Å². The molecule has 0 saturated heterocycles. The molecular formula is C19H21ClN2O2. The Labute approximate surface area is 147 Å². The second-order valence-corrected chi connectivity index (χ2v) is 6.28. The highest BCUT2D eigenvalue weighted by atomic mass is 35.5. The number of carbonyl (C=O) groups is 2. The van der Waals surface area contributed by atoms with E-state index in [1.807, 2.05) is 42.5 Å². The van der Waals surface area contributed by atoms with Gasteiger partial charge in [-0.2, -0.15) is 0 Å². The molecule has 126 valence electrons. The Bertz CT molecular complexity index is 684. The third kappa shape index (κ3) is 5.39. The molecule has 24 heavy (non-hydrogen) atoms. The predicted molar refractivity (Wildman–Crippen MR) is 95.9 cm³/mol. The lowest BCUT2D eigenvalue weighted by atomic mass is 10.0. The van der Waals surface area contributed by atoms with Crippen LogP contribution in [-0.2, 0) is 22.4 Å². The number of nitrogens with one attached hydrogen (secondary N) is 1. The minimum Gasteiger partial charge on any atom is -0.347 e. The van der Waals surface area contributed by atoms with Crippen molar-refractivity contribution < 1.29 is 9.59 Å². The molecule has 0 fully saturated rings. The third-order valence-corrected chi connectivity index (χ3v) is 3.89. The minimum atomic E-state index is -0.581. The van der Waals surface area contributed by atoms with E-state index in [-0.39, 0.29) is 18.2 Å². The van der Waals surface area contributed by atoms with E-state index in [2.05, 4.69) is 5.32 Å². The maximum absolute atomic E-state index is 12.4. The molecule has 2 amide bonds. The van der Waals surface area contributed by atoms with Crippen LogP contribution >= 0.6 is 11.6 Å². The third-order valence-electron chi connectivity index (χ3n) is 3.63. The Morgan fingerprint density at radius 1 is 1.00 bits per heavy atom. The first-order valence-corrected chi connectivity index (χ1v) is 8.12. The lowest BCUT2D eigenvalue weighted by molar-refractivity contribution is -0.134. The van der Waals surface area contributed by atoms with Crippen molar-refractivity contribution in [3.8, 4) is 0 Å². The fourth-order valence-electron chi connectivity index (χ4n) is 2.39. The molecule has 0 heterocycles. The van der Waals surface area contributed by atoms with E-state index in [0.29, 0.717) is 11.4 Å². The molecule has 0 aliphatic heterocycles. The van der Waals surface area contributed by atoms with Gasteiger partial charge in [-0.1, -0.05) is 54.1 Å². The van der Waals surface area contributed by atoms with Crippen LogP contribution in [0.4, 0.5) is 0 Å².